The average molecular weight is 414 g/mol. The number of carbonyl (C=O) groups is 1. The topological polar surface area (TPSA) is 66.1 Å². The van der Waals surface area contributed by atoms with E-state index in [1.54, 1.807) is 35.9 Å². The molecule has 1 unspecified atom stereocenters. The van der Waals surface area contributed by atoms with Crippen LogP contribution in [0.2, 0.25) is 0 Å². The van der Waals surface area contributed by atoms with Crippen LogP contribution in [0.1, 0.15) is 32.4 Å². The van der Waals surface area contributed by atoms with E-state index in [-0.39, 0.29) is 23.1 Å². The van der Waals surface area contributed by atoms with Crippen LogP contribution in [0.4, 0.5) is 0 Å². The molecule has 3 aromatic heterocycles. The zero-order valence-electron chi connectivity index (χ0n) is 16.1. The highest BCUT2D eigenvalue weighted by Gasteiger charge is 2.34. The first-order valence-electron chi connectivity index (χ1n) is 9.78. The van der Waals surface area contributed by atoms with E-state index in [1.165, 1.54) is 4.88 Å². The summed E-state index contributed by atoms with van der Waals surface area (Å²) < 4.78 is 0. The maximum absolute atomic E-state index is 13.5. The first kappa shape index (κ1) is 18.5. The molecule has 0 radical (unpaired) electrons. The second-order valence-electron chi connectivity index (χ2n) is 7.21. The van der Waals surface area contributed by atoms with Crippen LogP contribution < -0.4 is 5.56 Å². The number of pyridine rings is 2. The van der Waals surface area contributed by atoms with Gasteiger partial charge in [0.1, 0.15) is 5.56 Å². The molecular weight excluding hydrogens is 394 g/mol. The summed E-state index contributed by atoms with van der Waals surface area (Å²) in [5.41, 5.74) is 3.50. The van der Waals surface area contributed by atoms with E-state index < -0.39 is 0 Å². The second kappa shape index (κ2) is 7.72. The van der Waals surface area contributed by atoms with E-state index in [1.807, 2.05) is 47.4 Å². The van der Waals surface area contributed by atoms with Gasteiger partial charge in [0.25, 0.3) is 11.5 Å². The number of thiophene rings is 1. The van der Waals surface area contributed by atoms with Crippen molar-refractivity contribution in [2.75, 3.05) is 6.54 Å². The van der Waals surface area contributed by atoms with Gasteiger partial charge in [-0.3, -0.25) is 14.6 Å². The van der Waals surface area contributed by atoms with Crippen molar-refractivity contribution in [2.24, 2.45) is 0 Å². The molecule has 1 atom stereocenters. The number of nitrogens with one attached hydrogen (secondary N) is 1. The molecule has 5 rings (SSSR count). The summed E-state index contributed by atoms with van der Waals surface area (Å²) in [4.78, 5) is 36.3. The minimum absolute atomic E-state index is 0.160. The molecule has 6 heteroatoms. The van der Waals surface area contributed by atoms with Gasteiger partial charge in [-0.05, 0) is 53.3 Å². The Morgan fingerprint density at radius 3 is 2.60 bits per heavy atom. The Morgan fingerprint density at radius 1 is 1.03 bits per heavy atom. The van der Waals surface area contributed by atoms with Crippen LogP contribution in [0.15, 0.2) is 83.2 Å². The monoisotopic (exact) mass is 413 g/mol. The van der Waals surface area contributed by atoms with Crippen molar-refractivity contribution < 1.29 is 4.79 Å². The fourth-order valence-corrected chi connectivity index (χ4v) is 4.93. The Hall–Kier alpha value is -3.51. The first-order valence-corrected chi connectivity index (χ1v) is 10.7. The van der Waals surface area contributed by atoms with Crippen LogP contribution in [-0.4, -0.2) is 27.3 Å². The highest BCUT2D eigenvalue weighted by Crippen LogP contribution is 2.38. The molecule has 0 aliphatic carbocycles. The van der Waals surface area contributed by atoms with Gasteiger partial charge in [-0.1, -0.05) is 30.3 Å². The second-order valence-corrected chi connectivity index (χ2v) is 8.21. The smallest absolute Gasteiger partial charge is 0.261 e. The van der Waals surface area contributed by atoms with Crippen LogP contribution in [-0.2, 0) is 6.42 Å². The number of rotatable bonds is 3. The summed E-state index contributed by atoms with van der Waals surface area (Å²) >= 11 is 1.73. The molecule has 1 amide bonds. The largest absolute Gasteiger partial charge is 0.327 e. The average Bonchev–Trinajstić information content (AvgIpc) is 3.28. The van der Waals surface area contributed by atoms with Gasteiger partial charge < -0.3 is 9.88 Å². The lowest BCUT2D eigenvalue weighted by Crippen LogP contribution is -2.42. The van der Waals surface area contributed by atoms with E-state index in [4.69, 9.17) is 0 Å². The summed E-state index contributed by atoms with van der Waals surface area (Å²) in [5, 5.41) is 2.07. The van der Waals surface area contributed by atoms with Gasteiger partial charge in [-0.2, -0.15) is 0 Å². The molecular formula is C24H19N3O2S. The van der Waals surface area contributed by atoms with Crippen molar-refractivity contribution in [3.05, 3.63) is 110 Å². The zero-order chi connectivity index (χ0) is 20.5. The SMILES string of the molecule is O=C(c1ccc(-c2ccncc2)[nH]c1=O)N1CCc2sccc2C1c1ccccc1. The minimum Gasteiger partial charge on any atom is -0.327 e. The molecule has 148 valence electrons. The molecule has 30 heavy (non-hydrogen) atoms. The number of benzene rings is 1. The first-order chi connectivity index (χ1) is 14.7. The number of hydrogen-bond donors (Lipinski definition) is 1. The standard InChI is InChI=1S/C24H19N3O2S/c28-23-19(6-7-20(26-23)16-8-12-25-13-9-16)24(29)27-14-10-21-18(11-15-30-21)22(27)17-4-2-1-3-5-17/h1-9,11-13,15,22H,10,14H2,(H,26,28). The normalized spacial score (nSPS) is 15.6. The van der Waals surface area contributed by atoms with Crippen molar-refractivity contribution in [1.82, 2.24) is 14.9 Å². The predicted molar refractivity (Wildman–Crippen MR) is 118 cm³/mol. The van der Waals surface area contributed by atoms with Crippen molar-refractivity contribution in [3.8, 4) is 11.3 Å². The number of amides is 1. The molecule has 4 aromatic rings. The zero-order valence-corrected chi connectivity index (χ0v) is 16.9. The third-order valence-electron chi connectivity index (χ3n) is 5.47. The van der Waals surface area contributed by atoms with Gasteiger partial charge in [0.05, 0.1) is 6.04 Å². The molecule has 0 bridgehead atoms. The van der Waals surface area contributed by atoms with Crippen LogP contribution in [0.3, 0.4) is 0 Å². The fourth-order valence-electron chi connectivity index (χ4n) is 4.03. The maximum atomic E-state index is 13.5. The molecule has 0 fully saturated rings. The minimum atomic E-state index is -0.378. The lowest BCUT2D eigenvalue weighted by molar-refractivity contribution is 0.0694. The number of aromatic nitrogens is 2. The van der Waals surface area contributed by atoms with Crippen LogP contribution >= 0.6 is 11.3 Å². The van der Waals surface area contributed by atoms with Crippen molar-refractivity contribution in [2.45, 2.75) is 12.5 Å². The highest BCUT2D eigenvalue weighted by molar-refractivity contribution is 7.10. The third kappa shape index (κ3) is 3.25. The fraction of sp³-hybridized carbons (Fsp3) is 0.125. The van der Waals surface area contributed by atoms with Gasteiger partial charge in [0.2, 0.25) is 0 Å². The van der Waals surface area contributed by atoms with E-state index in [2.05, 4.69) is 21.4 Å². The van der Waals surface area contributed by atoms with E-state index in [0.717, 1.165) is 23.1 Å². The van der Waals surface area contributed by atoms with Crippen molar-refractivity contribution >= 4 is 17.2 Å². The predicted octanol–water partition coefficient (Wildman–Crippen LogP) is 4.29. The Balaban J connectivity index is 1.53. The number of aromatic amines is 1. The number of fused-ring (bicyclic) bond motifs is 1. The van der Waals surface area contributed by atoms with Gasteiger partial charge in [-0.15, -0.1) is 11.3 Å². The van der Waals surface area contributed by atoms with Crippen LogP contribution in [0.25, 0.3) is 11.3 Å². The van der Waals surface area contributed by atoms with Gasteiger partial charge in [0.15, 0.2) is 0 Å². The molecule has 1 aliphatic heterocycles. The van der Waals surface area contributed by atoms with Crippen LogP contribution in [0, 0.1) is 0 Å². The third-order valence-corrected chi connectivity index (χ3v) is 6.47. The van der Waals surface area contributed by atoms with Crippen molar-refractivity contribution in [3.63, 3.8) is 0 Å². The number of nitrogens with zero attached hydrogens (tertiary/aromatic N) is 2. The van der Waals surface area contributed by atoms with Crippen molar-refractivity contribution in [1.29, 1.82) is 0 Å². The van der Waals surface area contributed by atoms with E-state index in [0.29, 0.717) is 12.2 Å². The number of hydrogen-bond acceptors (Lipinski definition) is 4. The lowest BCUT2D eigenvalue weighted by Gasteiger charge is -2.36. The van der Waals surface area contributed by atoms with E-state index >= 15 is 0 Å². The summed E-state index contributed by atoms with van der Waals surface area (Å²) in [6.45, 7) is 0.581. The molecule has 1 aliphatic rings. The molecule has 0 saturated carbocycles. The molecule has 1 N–H and O–H groups in total. The Labute approximate surface area is 177 Å². The Bertz CT molecular complexity index is 1250. The molecule has 0 spiro atoms. The maximum Gasteiger partial charge on any atom is 0.261 e. The number of carbonyl (C=O) groups excluding carboxylic acids is 1. The Morgan fingerprint density at radius 2 is 1.83 bits per heavy atom. The molecule has 1 aromatic carbocycles. The quantitative estimate of drug-likeness (QED) is 0.545. The lowest BCUT2D eigenvalue weighted by atomic mass is 9.92. The van der Waals surface area contributed by atoms with Gasteiger partial charge >= 0.3 is 0 Å². The number of H-pyrrole nitrogens is 1. The summed E-state index contributed by atoms with van der Waals surface area (Å²) in [6, 6.07) is 19.0. The van der Waals surface area contributed by atoms with Gasteiger partial charge in [0, 0.05) is 35.1 Å². The highest BCUT2D eigenvalue weighted by atomic mass is 32.1. The molecule has 4 heterocycles. The van der Waals surface area contributed by atoms with E-state index in [9.17, 15) is 9.59 Å². The van der Waals surface area contributed by atoms with Crippen LogP contribution in [0.5, 0.6) is 0 Å². The molecule has 0 saturated heterocycles. The molecule has 5 nitrogen and oxygen atoms in total. The summed E-state index contributed by atoms with van der Waals surface area (Å²) in [6.07, 6.45) is 4.14. The van der Waals surface area contributed by atoms with Gasteiger partial charge in [-0.25, -0.2) is 0 Å². The Kier molecular flexibility index (Phi) is 4.77. The summed E-state index contributed by atoms with van der Waals surface area (Å²) in [5.74, 6) is -0.247. The summed E-state index contributed by atoms with van der Waals surface area (Å²) in [7, 11) is 0.